The number of piperidine rings is 1. The van der Waals surface area contributed by atoms with E-state index in [0.29, 0.717) is 19.6 Å². The summed E-state index contributed by atoms with van der Waals surface area (Å²) in [7, 11) is 0. The van der Waals surface area contributed by atoms with Crippen LogP contribution in [0.1, 0.15) is 19.8 Å². The maximum absolute atomic E-state index is 13.4. The zero-order valence-electron chi connectivity index (χ0n) is 7.55. The molecule has 0 aromatic carbocycles. The van der Waals surface area contributed by atoms with Crippen LogP contribution >= 0.6 is 0 Å². The van der Waals surface area contributed by atoms with Crippen LogP contribution in [-0.2, 0) is 4.84 Å². The van der Waals surface area contributed by atoms with Crippen molar-refractivity contribution in [3.05, 3.63) is 0 Å². The second-order valence-corrected chi connectivity index (χ2v) is 3.66. The number of nitrogens with two attached hydrogens (primary N) is 1. The molecular formula is C8H17FN2O. The summed E-state index contributed by atoms with van der Waals surface area (Å²) in [6.45, 7) is 4.34. The quantitative estimate of drug-likeness (QED) is 0.643. The third-order valence-corrected chi connectivity index (χ3v) is 2.25. The molecule has 1 unspecified atom stereocenters. The highest BCUT2D eigenvalue weighted by molar-refractivity contribution is 4.83. The van der Waals surface area contributed by atoms with E-state index in [0.717, 1.165) is 19.5 Å². The first-order valence-electron chi connectivity index (χ1n) is 4.37. The van der Waals surface area contributed by atoms with Gasteiger partial charge in [-0.15, -0.1) is 0 Å². The van der Waals surface area contributed by atoms with Crippen molar-refractivity contribution in [1.82, 2.24) is 4.90 Å². The highest BCUT2D eigenvalue weighted by Crippen LogP contribution is 2.23. The molecule has 1 fully saturated rings. The lowest BCUT2D eigenvalue weighted by molar-refractivity contribution is 0.0359. The Labute approximate surface area is 72.6 Å². The van der Waals surface area contributed by atoms with Crippen molar-refractivity contribution in [2.24, 2.45) is 5.90 Å². The molecule has 0 spiro atoms. The topological polar surface area (TPSA) is 38.5 Å². The highest BCUT2D eigenvalue weighted by Gasteiger charge is 2.29. The first-order chi connectivity index (χ1) is 5.64. The number of alkyl halides is 1. The predicted octanol–water partition coefficient (Wildman–Crippen LogP) is 0.701. The van der Waals surface area contributed by atoms with E-state index < -0.39 is 5.67 Å². The van der Waals surface area contributed by atoms with Gasteiger partial charge in [-0.05, 0) is 26.3 Å². The maximum Gasteiger partial charge on any atom is 0.120 e. The number of hydrogen-bond acceptors (Lipinski definition) is 3. The largest absolute Gasteiger partial charge is 0.303 e. The van der Waals surface area contributed by atoms with Crippen LogP contribution in [0.25, 0.3) is 0 Å². The summed E-state index contributed by atoms with van der Waals surface area (Å²) in [6.07, 6.45) is 1.60. The molecule has 72 valence electrons. The molecule has 1 aliphatic heterocycles. The molecule has 0 bridgehead atoms. The van der Waals surface area contributed by atoms with Crippen LogP contribution in [0.15, 0.2) is 0 Å². The van der Waals surface area contributed by atoms with Crippen molar-refractivity contribution >= 4 is 0 Å². The van der Waals surface area contributed by atoms with Gasteiger partial charge in [0.05, 0.1) is 6.61 Å². The zero-order chi connectivity index (χ0) is 9.03. The van der Waals surface area contributed by atoms with E-state index >= 15 is 0 Å². The van der Waals surface area contributed by atoms with Gasteiger partial charge in [-0.1, -0.05) is 0 Å². The smallest absolute Gasteiger partial charge is 0.120 e. The molecule has 2 N–H and O–H groups in total. The van der Waals surface area contributed by atoms with E-state index in [1.807, 2.05) is 0 Å². The Balaban J connectivity index is 2.26. The fraction of sp³-hybridized carbons (Fsp3) is 1.00. The van der Waals surface area contributed by atoms with E-state index in [1.165, 1.54) is 0 Å². The molecule has 1 rings (SSSR count). The average Bonchev–Trinajstić information content (AvgIpc) is 1.99. The molecule has 0 radical (unpaired) electrons. The lowest BCUT2D eigenvalue weighted by atomic mass is 9.97. The van der Waals surface area contributed by atoms with Crippen LogP contribution < -0.4 is 5.90 Å². The molecule has 0 aliphatic carbocycles. The minimum Gasteiger partial charge on any atom is -0.303 e. The van der Waals surface area contributed by atoms with Crippen LogP contribution in [0.3, 0.4) is 0 Å². The lowest BCUT2D eigenvalue weighted by Gasteiger charge is -2.34. The van der Waals surface area contributed by atoms with Gasteiger partial charge in [0.25, 0.3) is 0 Å². The molecule has 0 aromatic heterocycles. The van der Waals surface area contributed by atoms with Crippen LogP contribution in [0.2, 0.25) is 0 Å². The Kier molecular flexibility index (Phi) is 3.43. The van der Waals surface area contributed by atoms with Crippen molar-refractivity contribution in [3.8, 4) is 0 Å². The van der Waals surface area contributed by atoms with Crippen molar-refractivity contribution in [3.63, 3.8) is 0 Å². The van der Waals surface area contributed by atoms with Gasteiger partial charge >= 0.3 is 0 Å². The Morgan fingerprint density at radius 3 is 3.00 bits per heavy atom. The van der Waals surface area contributed by atoms with Gasteiger partial charge < -0.3 is 4.84 Å². The third-order valence-electron chi connectivity index (χ3n) is 2.25. The summed E-state index contributed by atoms with van der Waals surface area (Å²) in [4.78, 5) is 6.50. The summed E-state index contributed by atoms with van der Waals surface area (Å²) >= 11 is 0. The predicted molar refractivity (Wildman–Crippen MR) is 45.3 cm³/mol. The van der Waals surface area contributed by atoms with Gasteiger partial charge in [0.1, 0.15) is 5.67 Å². The first-order valence-corrected chi connectivity index (χ1v) is 4.37. The van der Waals surface area contributed by atoms with Crippen molar-refractivity contribution in [2.45, 2.75) is 25.4 Å². The Bertz CT molecular complexity index is 141. The van der Waals surface area contributed by atoms with E-state index in [-0.39, 0.29) is 0 Å². The number of rotatable bonds is 3. The summed E-state index contributed by atoms with van der Waals surface area (Å²) < 4.78 is 13.4. The molecule has 1 atom stereocenters. The summed E-state index contributed by atoms with van der Waals surface area (Å²) in [5.74, 6) is 4.89. The average molecular weight is 176 g/mol. The Hall–Kier alpha value is -0.190. The van der Waals surface area contributed by atoms with Gasteiger partial charge in [0.2, 0.25) is 0 Å². The minimum absolute atomic E-state index is 0.482. The fourth-order valence-corrected chi connectivity index (χ4v) is 1.67. The third kappa shape index (κ3) is 3.05. The molecule has 4 heteroatoms. The lowest BCUT2D eigenvalue weighted by Crippen LogP contribution is -2.44. The maximum atomic E-state index is 13.4. The summed E-state index contributed by atoms with van der Waals surface area (Å²) in [5.41, 5.74) is -1.02. The minimum atomic E-state index is -1.02. The molecule has 1 saturated heterocycles. The van der Waals surface area contributed by atoms with E-state index in [1.54, 1.807) is 6.92 Å². The first kappa shape index (κ1) is 9.89. The molecule has 1 heterocycles. The highest BCUT2D eigenvalue weighted by atomic mass is 19.1. The molecule has 0 aromatic rings. The zero-order valence-corrected chi connectivity index (χ0v) is 7.55. The van der Waals surface area contributed by atoms with Gasteiger partial charge in [0, 0.05) is 13.1 Å². The van der Waals surface area contributed by atoms with Gasteiger partial charge in [-0.25, -0.2) is 10.3 Å². The molecular weight excluding hydrogens is 159 g/mol. The normalized spacial score (nSPS) is 32.2. The molecule has 12 heavy (non-hydrogen) atoms. The number of halogens is 1. The van der Waals surface area contributed by atoms with Gasteiger partial charge in [-0.2, -0.15) is 0 Å². The number of nitrogens with zero attached hydrogens (tertiary/aromatic N) is 1. The Morgan fingerprint density at radius 1 is 1.67 bits per heavy atom. The summed E-state index contributed by atoms with van der Waals surface area (Å²) in [6, 6.07) is 0. The fourth-order valence-electron chi connectivity index (χ4n) is 1.67. The Morgan fingerprint density at radius 2 is 2.42 bits per heavy atom. The molecule has 3 nitrogen and oxygen atoms in total. The van der Waals surface area contributed by atoms with Crippen LogP contribution in [0.4, 0.5) is 4.39 Å². The van der Waals surface area contributed by atoms with Crippen molar-refractivity contribution in [1.29, 1.82) is 0 Å². The van der Waals surface area contributed by atoms with Crippen LogP contribution in [-0.4, -0.2) is 36.8 Å². The van der Waals surface area contributed by atoms with Crippen LogP contribution in [0, 0.1) is 0 Å². The standard InChI is InChI=1S/C8H17FN2O/c1-8(9)3-2-4-11(7-8)5-6-12-10/h2-7,10H2,1H3. The summed E-state index contributed by atoms with van der Waals surface area (Å²) in [5, 5.41) is 0. The van der Waals surface area contributed by atoms with E-state index in [4.69, 9.17) is 5.90 Å². The van der Waals surface area contributed by atoms with Gasteiger partial charge in [0.15, 0.2) is 0 Å². The molecule has 1 aliphatic rings. The molecule has 0 saturated carbocycles. The second kappa shape index (κ2) is 4.16. The number of hydrogen-bond donors (Lipinski definition) is 1. The second-order valence-electron chi connectivity index (χ2n) is 3.66. The van der Waals surface area contributed by atoms with Crippen LogP contribution in [0.5, 0.6) is 0 Å². The van der Waals surface area contributed by atoms with Gasteiger partial charge in [-0.3, -0.25) is 4.90 Å². The van der Waals surface area contributed by atoms with E-state index in [9.17, 15) is 4.39 Å². The number of likely N-dealkylation sites (tertiary alicyclic amines) is 1. The monoisotopic (exact) mass is 176 g/mol. The molecule has 0 amide bonds. The van der Waals surface area contributed by atoms with E-state index in [2.05, 4.69) is 9.74 Å². The SMILES string of the molecule is CC1(F)CCCN(CCON)C1. The van der Waals surface area contributed by atoms with Crippen molar-refractivity contribution in [2.75, 3.05) is 26.2 Å². The van der Waals surface area contributed by atoms with Crippen molar-refractivity contribution < 1.29 is 9.23 Å².